The van der Waals surface area contributed by atoms with Crippen LogP contribution in [0.5, 0.6) is 0 Å². The fraction of sp³-hybridized carbons (Fsp3) is 0.133. The van der Waals surface area contributed by atoms with E-state index >= 15 is 0 Å². The number of nitrogens with zero attached hydrogens (tertiary/aromatic N) is 3. The van der Waals surface area contributed by atoms with Gasteiger partial charge in [-0.25, -0.2) is 0 Å². The summed E-state index contributed by atoms with van der Waals surface area (Å²) >= 11 is 3.40. The average molecular weight is 331 g/mol. The molecule has 1 N–H and O–H groups in total. The van der Waals surface area contributed by atoms with Crippen LogP contribution in [0.1, 0.15) is 12.5 Å². The molecule has 0 aliphatic rings. The maximum Gasteiger partial charge on any atom is 0.0890 e. The van der Waals surface area contributed by atoms with Gasteiger partial charge >= 0.3 is 0 Å². The van der Waals surface area contributed by atoms with Gasteiger partial charge in [-0.3, -0.25) is 15.0 Å². The molecule has 0 saturated heterocycles. The molecule has 0 bridgehead atoms. The predicted molar refractivity (Wildman–Crippen MR) is 86.7 cm³/mol. The molecule has 0 spiro atoms. The van der Waals surface area contributed by atoms with E-state index in [1.807, 2.05) is 31.2 Å². The van der Waals surface area contributed by atoms with Crippen molar-refractivity contribution in [2.45, 2.75) is 13.5 Å². The Labute approximate surface area is 126 Å². The van der Waals surface area contributed by atoms with Crippen molar-refractivity contribution < 1.29 is 0 Å². The molecule has 1 aromatic heterocycles. The van der Waals surface area contributed by atoms with Gasteiger partial charge in [-0.15, -0.1) is 0 Å². The summed E-state index contributed by atoms with van der Waals surface area (Å²) < 4.78 is 1.02. The lowest BCUT2D eigenvalue weighted by atomic mass is 10.2. The van der Waals surface area contributed by atoms with Crippen molar-refractivity contribution in [2.75, 3.05) is 0 Å². The van der Waals surface area contributed by atoms with Gasteiger partial charge < -0.3 is 5.32 Å². The fourth-order valence-corrected chi connectivity index (χ4v) is 2.02. The standard InChI is InChI=1S/C15H15BrN4/c1-11(16)7-13(10-17-2)20-9-12-3-4-14-15(8-12)19-6-5-18-14/h3-8,10,20H,2,9H2,1H3/b11-7?,13-10+. The minimum atomic E-state index is 0.685. The second kappa shape index (κ2) is 6.96. The molecule has 0 fully saturated rings. The van der Waals surface area contributed by atoms with Crippen molar-refractivity contribution in [2.24, 2.45) is 4.99 Å². The number of benzene rings is 1. The summed E-state index contributed by atoms with van der Waals surface area (Å²) in [6.45, 7) is 6.12. The summed E-state index contributed by atoms with van der Waals surface area (Å²) in [5.74, 6) is 0. The molecule has 2 rings (SSSR count). The van der Waals surface area contributed by atoms with Crippen molar-refractivity contribution >= 4 is 33.7 Å². The zero-order valence-electron chi connectivity index (χ0n) is 11.2. The summed E-state index contributed by atoms with van der Waals surface area (Å²) in [6, 6.07) is 6.03. The Morgan fingerprint density at radius 2 is 2.10 bits per heavy atom. The normalized spacial score (nSPS) is 12.5. The molecule has 20 heavy (non-hydrogen) atoms. The van der Waals surface area contributed by atoms with Crippen LogP contribution in [0, 0.1) is 0 Å². The number of halogens is 1. The number of allylic oxidation sites excluding steroid dienone is 2. The summed E-state index contributed by atoms with van der Waals surface area (Å²) in [6.07, 6.45) is 7.03. The summed E-state index contributed by atoms with van der Waals surface area (Å²) in [7, 11) is 0. The molecule has 1 heterocycles. The topological polar surface area (TPSA) is 50.2 Å². The van der Waals surface area contributed by atoms with Crippen molar-refractivity contribution in [1.29, 1.82) is 0 Å². The molecule has 5 heteroatoms. The third-order valence-corrected chi connectivity index (χ3v) is 2.84. The van der Waals surface area contributed by atoms with Crippen LogP contribution in [0.4, 0.5) is 0 Å². The Hall–Kier alpha value is -2.01. The van der Waals surface area contributed by atoms with Gasteiger partial charge in [-0.2, -0.15) is 0 Å². The Balaban J connectivity index is 2.13. The molecule has 0 amide bonds. The van der Waals surface area contributed by atoms with Crippen LogP contribution in [0.25, 0.3) is 11.0 Å². The van der Waals surface area contributed by atoms with Crippen LogP contribution in [-0.2, 0) is 6.54 Å². The summed E-state index contributed by atoms with van der Waals surface area (Å²) in [5.41, 5.74) is 3.82. The number of hydrogen-bond acceptors (Lipinski definition) is 4. The molecule has 0 saturated carbocycles. The number of rotatable bonds is 5. The van der Waals surface area contributed by atoms with E-state index in [0.717, 1.165) is 26.8 Å². The van der Waals surface area contributed by atoms with Gasteiger partial charge in [0.25, 0.3) is 0 Å². The number of fused-ring (bicyclic) bond motifs is 1. The Morgan fingerprint density at radius 3 is 2.80 bits per heavy atom. The second-order valence-electron chi connectivity index (χ2n) is 4.23. The Morgan fingerprint density at radius 1 is 1.35 bits per heavy atom. The Bertz CT molecular complexity index is 672. The summed E-state index contributed by atoms with van der Waals surface area (Å²) in [5, 5.41) is 3.31. The largest absolute Gasteiger partial charge is 0.380 e. The van der Waals surface area contributed by atoms with Crippen molar-refractivity contribution in [3.8, 4) is 0 Å². The lowest BCUT2D eigenvalue weighted by molar-refractivity contribution is 0.830. The van der Waals surface area contributed by atoms with E-state index < -0.39 is 0 Å². The van der Waals surface area contributed by atoms with Crippen LogP contribution in [0.2, 0.25) is 0 Å². The number of nitrogens with one attached hydrogen (secondary N) is 1. The van der Waals surface area contributed by atoms with Crippen molar-refractivity contribution in [3.63, 3.8) is 0 Å². The average Bonchev–Trinajstić information content (AvgIpc) is 2.44. The zero-order chi connectivity index (χ0) is 14.4. The SMILES string of the molecule is C=N/C=C(\C=C(C)Br)NCc1ccc2nccnc2c1. The quantitative estimate of drug-likeness (QED) is 0.673. The van der Waals surface area contributed by atoms with E-state index in [2.05, 4.69) is 42.9 Å². The highest BCUT2D eigenvalue weighted by atomic mass is 79.9. The van der Waals surface area contributed by atoms with Crippen LogP contribution >= 0.6 is 15.9 Å². The summed E-state index contributed by atoms with van der Waals surface area (Å²) in [4.78, 5) is 12.3. The number of aliphatic imine (C=N–C) groups is 1. The van der Waals surface area contributed by atoms with Crippen LogP contribution in [0.15, 0.2) is 58.0 Å². The van der Waals surface area contributed by atoms with Gasteiger partial charge in [0.1, 0.15) is 0 Å². The smallest absolute Gasteiger partial charge is 0.0890 e. The first-order chi connectivity index (χ1) is 9.69. The predicted octanol–water partition coefficient (Wildman–Crippen LogP) is 3.56. The lowest BCUT2D eigenvalue weighted by Gasteiger charge is -2.07. The minimum Gasteiger partial charge on any atom is -0.380 e. The monoisotopic (exact) mass is 330 g/mol. The molecule has 0 aliphatic carbocycles. The molecule has 4 nitrogen and oxygen atoms in total. The zero-order valence-corrected chi connectivity index (χ0v) is 12.8. The highest BCUT2D eigenvalue weighted by Gasteiger charge is 1.99. The van der Waals surface area contributed by atoms with Crippen LogP contribution in [0.3, 0.4) is 0 Å². The minimum absolute atomic E-state index is 0.685. The maximum absolute atomic E-state index is 4.30. The van der Waals surface area contributed by atoms with E-state index in [4.69, 9.17) is 0 Å². The van der Waals surface area contributed by atoms with E-state index in [1.54, 1.807) is 18.6 Å². The highest BCUT2D eigenvalue weighted by molar-refractivity contribution is 9.11. The van der Waals surface area contributed by atoms with E-state index in [1.165, 1.54) is 0 Å². The second-order valence-corrected chi connectivity index (χ2v) is 5.48. The molecule has 2 aromatic rings. The van der Waals surface area contributed by atoms with Crippen LogP contribution in [-0.4, -0.2) is 16.7 Å². The molecule has 0 aliphatic heterocycles. The Kier molecular flexibility index (Phi) is 5.01. The fourth-order valence-electron chi connectivity index (χ4n) is 1.77. The molecule has 0 atom stereocenters. The third-order valence-electron chi connectivity index (χ3n) is 2.62. The van der Waals surface area contributed by atoms with Crippen molar-refractivity contribution in [1.82, 2.24) is 15.3 Å². The third kappa shape index (κ3) is 3.99. The van der Waals surface area contributed by atoms with Crippen molar-refractivity contribution in [3.05, 3.63) is 58.6 Å². The first kappa shape index (κ1) is 14.4. The first-order valence-corrected chi connectivity index (χ1v) is 6.91. The van der Waals surface area contributed by atoms with E-state index in [-0.39, 0.29) is 0 Å². The van der Waals surface area contributed by atoms with Gasteiger partial charge in [0.15, 0.2) is 0 Å². The number of aromatic nitrogens is 2. The molecule has 0 unspecified atom stereocenters. The van der Waals surface area contributed by atoms with E-state index in [0.29, 0.717) is 6.54 Å². The van der Waals surface area contributed by atoms with Gasteiger partial charge in [0.2, 0.25) is 0 Å². The van der Waals surface area contributed by atoms with Gasteiger partial charge in [-0.05, 0) is 41.9 Å². The number of hydrogen-bond donors (Lipinski definition) is 1. The lowest BCUT2D eigenvalue weighted by Crippen LogP contribution is -2.11. The highest BCUT2D eigenvalue weighted by Crippen LogP contribution is 2.12. The molecular weight excluding hydrogens is 316 g/mol. The first-order valence-electron chi connectivity index (χ1n) is 6.12. The molecule has 102 valence electrons. The van der Waals surface area contributed by atoms with Crippen LogP contribution < -0.4 is 5.32 Å². The van der Waals surface area contributed by atoms with E-state index in [9.17, 15) is 0 Å². The van der Waals surface area contributed by atoms with Gasteiger partial charge in [0, 0.05) is 25.1 Å². The molecule has 0 radical (unpaired) electrons. The maximum atomic E-state index is 4.30. The van der Waals surface area contributed by atoms with Gasteiger partial charge in [-0.1, -0.05) is 22.0 Å². The van der Waals surface area contributed by atoms with Gasteiger partial charge in [0.05, 0.1) is 16.7 Å². The molecular formula is C15H15BrN4. The molecule has 1 aromatic carbocycles.